The van der Waals surface area contributed by atoms with E-state index < -0.39 is 17.6 Å². The van der Waals surface area contributed by atoms with E-state index in [0.717, 1.165) is 18.3 Å². The molecule has 0 spiro atoms. The highest BCUT2D eigenvalue weighted by Crippen LogP contribution is 2.31. The molecule has 0 aliphatic carbocycles. The third kappa shape index (κ3) is 4.58. The van der Waals surface area contributed by atoms with Crippen LogP contribution in [0.2, 0.25) is 0 Å². The van der Waals surface area contributed by atoms with Gasteiger partial charge >= 0.3 is 6.18 Å². The van der Waals surface area contributed by atoms with Crippen LogP contribution in [0.1, 0.15) is 18.4 Å². The molecule has 3 heterocycles. The maximum atomic E-state index is 14.1. The summed E-state index contributed by atoms with van der Waals surface area (Å²) in [6, 6.07) is 7.86. The standard InChI is InChI=1S/C22H21F4N5O/c1-30-20(32)12-19(17-5-8-27-13-18(17)23)29-21(30)31-9-6-15(7-10-31)28-16-4-2-3-14(11-16)22(24,25)26/h2-5,8,11-13,15,28H,6-7,9-10H2,1H3. The number of benzene rings is 1. The SMILES string of the molecule is Cn1c(N2CCC(Nc3cccc(C(F)(F)F)c3)CC2)nc(-c2ccncc2F)cc1=O. The van der Waals surface area contributed by atoms with E-state index in [-0.39, 0.29) is 22.9 Å². The lowest BCUT2D eigenvalue weighted by Crippen LogP contribution is -2.42. The summed E-state index contributed by atoms with van der Waals surface area (Å²) in [6.45, 7) is 1.08. The molecule has 6 nitrogen and oxygen atoms in total. The molecule has 4 rings (SSSR count). The van der Waals surface area contributed by atoms with Crippen LogP contribution in [0, 0.1) is 5.82 Å². The number of rotatable bonds is 4. The summed E-state index contributed by atoms with van der Waals surface area (Å²) >= 11 is 0. The predicted octanol–water partition coefficient (Wildman–Crippen LogP) is 4.08. The Labute approximate surface area is 181 Å². The van der Waals surface area contributed by atoms with Crippen molar-refractivity contribution in [2.45, 2.75) is 25.1 Å². The highest BCUT2D eigenvalue weighted by Gasteiger charge is 2.31. The van der Waals surface area contributed by atoms with E-state index in [4.69, 9.17) is 0 Å². The van der Waals surface area contributed by atoms with Crippen LogP contribution < -0.4 is 15.8 Å². The minimum atomic E-state index is -4.39. The van der Waals surface area contributed by atoms with Crippen LogP contribution in [0.3, 0.4) is 0 Å². The minimum absolute atomic E-state index is 0.0208. The Kier molecular flexibility index (Phi) is 5.86. The molecule has 0 radical (unpaired) electrons. The second kappa shape index (κ2) is 8.60. The van der Waals surface area contributed by atoms with Gasteiger partial charge in [-0.25, -0.2) is 9.37 Å². The van der Waals surface area contributed by atoms with Gasteiger partial charge in [0.05, 0.1) is 17.5 Å². The van der Waals surface area contributed by atoms with Crippen molar-refractivity contribution in [1.29, 1.82) is 0 Å². The van der Waals surface area contributed by atoms with E-state index >= 15 is 0 Å². The lowest BCUT2D eigenvalue weighted by molar-refractivity contribution is -0.137. The zero-order chi connectivity index (χ0) is 22.9. The number of halogens is 4. The number of piperidine rings is 1. The van der Waals surface area contributed by atoms with Crippen molar-refractivity contribution in [3.8, 4) is 11.3 Å². The Morgan fingerprint density at radius 2 is 1.88 bits per heavy atom. The molecule has 0 amide bonds. The van der Waals surface area contributed by atoms with Crippen LogP contribution in [-0.2, 0) is 13.2 Å². The van der Waals surface area contributed by atoms with Gasteiger partial charge in [0.15, 0.2) is 5.82 Å². The van der Waals surface area contributed by atoms with Gasteiger partial charge < -0.3 is 10.2 Å². The second-order valence-electron chi connectivity index (χ2n) is 7.68. The first-order valence-corrected chi connectivity index (χ1v) is 10.1. The third-order valence-corrected chi connectivity index (χ3v) is 5.50. The van der Waals surface area contributed by atoms with Gasteiger partial charge in [-0.3, -0.25) is 14.3 Å². The zero-order valence-electron chi connectivity index (χ0n) is 17.2. The maximum absolute atomic E-state index is 14.1. The molecule has 1 N–H and O–H groups in total. The van der Waals surface area contributed by atoms with Gasteiger partial charge in [0.25, 0.3) is 5.56 Å². The molecule has 3 aromatic rings. The number of hydrogen-bond acceptors (Lipinski definition) is 5. The molecule has 1 aromatic carbocycles. The van der Waals surface area contributed by atoms with E-state index in [1.54, 1.807) is 13.1 Å². The van der Waals surface area contributed by atoms with Crippen molar-refractivity contribution in [1.82, 2.24) is 14.5 Å². The lowest BCUT2D eigenvalue weighted by atomic mass is 10.0. The molecule has 2 aromatic heterocycles. The normalized spacial score (nSPS) is 15.1. The quantitative estimate of drug-likeness (QED) is 0.611. The highest BCUT2D eigenvalue weighted by molar-refractivity contribution is 5.60. The number of nitrogens with one attached hydrogen (secondary N) is 1. The van der Waals surface area contributed by atoms with E-state index in [9.17, 15) is 22.4 Å². The van der Waals surface area contributed by atoms with Gasteiger partial charge in [0.1, 0.15) is 0 Å². The molecule has 1 aliphatic heterocycles. The first-order chi connectivity index (χ1) is 15.2. The minimum Gasteiger partial charge on any atom is -0.382 e. The fourth-order valence-electron chi connectivity index (χ4n) is 3.78. The molecule has 32 heavy (non-hydrogen) atoms. The largest absolute Gasteiger partial charge is 0.416 e. The molecule has 0 unspecified atom stereocenters. The van der Waals surface area contributed by atoms with Gasteiger partial charge in [-0.1, -0.05) is 6.07 Å². The number of alkyl halides is 3. The summed E-state index contributed by atoms with van der Waals surface area (Å²) in [5, 5.41) is 3.16. The monoisotopic (exact) mass is 447 g/mol. The third-order valence-electron chi connectivity index (χ3n) is 5.50. The van der Waals surface area contributed by atoms with Crippen molar-refractivity contribution >= 4 is 11.6 Å². The smallest absolute Gasteiger partial charge is 0.382 e. The first kappa shape index (κ1) is 21.8. The number of aromatic nitrogens is 3. The van der Waals surface area contributed by atoms with Crippen molar-refractivity contribution in [3.63, 3.8) is 0 Å². The van der Waals surface area contributed by atoms with Gasteiger partial charge in [-0.2, -0.15) is 13.2 Å². The molecular weight excluding hydrogens is 426 g/mol. The van der Waals surface area contributed by atoms with E-state index in [0.29, 0.717) is 37.6 Å². The Hall–Kier alpha value is -3.43. The predicted molar refractivity (Wildman–Crippen MR) is 113 cm³/mol. The van der Waals surface area contributed by atoms with Crippen LogP contribution in [0.5, 0.6) is 0 Å². The van der Waals surface area contributed by atoms with Crippen molar-refractivity contribution in [2.75, 3.05) is 23.3 Å². The highest BCUT2D eigenvalue weighted by atomic mass is 19.4. The molecule has 1 aliphatic rings. The van der Waals surface area contributed by atoms with Crippen molar-refractivity contribution in [2.24, 2.45) is 7.05 Å². The summed E-state index contributed by atoms with van der Waals surface area (Å²) in [6.07, 6.45) is -0.613. The van der Waals surface area contributed by atoms with Crippen LogP contribution in [0.15, 0.2) is 53.6 Å². The van der Waals surface area contributed by atoms with Crippen LogP contribution in [0.4, 0.5) is 29.2 Å². The van der Waals surface area contributed by atoms with Crippen LogP contribution >= 0.6 is 0 Å². The van der Waals surface area contributed by atoms with Gasteiger partial charge in [-0.15, -0.1) is 0 Å². The summed E-state index contributed by atoms with van der Waals surface area (Å²) in [7, 11) is 1.60. The van der Waals surface area contributed by atoms with Gasteiger partial charge in [0, 0.05) is 49.7 Å². The Morgan fingerprint density at radius 1 is 1.12 bits per heavy atom. The lowest BCUT2D eigenvalue weighted by Gasteiger charge is -2.34. The van der Waals surface area contributed by atoms with Gasteiger partial charge in [-0.05, 0) is 37.1 Å². The van der Waals surface area contributed by atoms with Crippen LogP contribution in [-0.4, -0.2) is 33.7 Å². The average molecular weight is 447 g/mol. The molecule has 10 heteroatoms. The maximum Gasteiger partial charge on any atom is 0.416 e. The fraction of sp³-hybridized carbons (Fsp3) is 0.318. The Bertz CT molecular complexity index is 1170. The summed E-state index contributed by atoms with van der Waals surface area (Å²) in [5.41, 5.74) is -0.170. The van der Waals surface area contributed by atoms with E-state index in [1.807, 2.05) is 4.90 Å². The molecule has 0 saturated carbocycles. The van der Waals surface area contributed by atoms with E-state index in [1.165, 1.54) is 29.0 Å². The summed E-state index contributed by atoms with van der Waals surface area (Å²) in [4.78, 5) is 22.6. The van der Waals surface area contributed by atoms with Crippen molar-refractivity contribution < 1.29 is 17.6 Å². The van der Waals surface area contributed by atoms with Gasteiger partial charge in [0.2, 0.25) is 5.95 Å². The number of nitrogens with zero attached hydrogens (tertiary/aromatic N) is 4. The summed E-state index contributed by atoms with van der Waals surface area (Å²) < 4.78 is 54.4. The summed E-state index contributed by atoms with van der Waals surface area (Å²) in [5.74, 6) is -0.149. The molecule has 1 saturated heterocycles. The average Bonchev–Trinajstić information content (AvgIpc) is 2.76. The van der Waals surface area contributed by atoms with Crippen LogP contribution in [0.25, 0.3) is 11.3 Å². The first-order valence-electron chi connectivity index (χ1n) is 10.1. The number of anilines is 2. The Morgan fingerprint density at radius 3 is 2.56 bits per heavy atom. The molecule has 168 valence electrons. The molecule has 0 atom stereocenters. The zero-order valence-corrected chi connectivity index (χ0v) is 17.2. The Balaban J connectivity index is 1.49. The molecular formula is C22H21F4N5O. The topological polar surface area (TPSA) is 63.1 Å². The molecule has 0 bridgehead atoms. The number of pyridine rings is 1. The fourth-order valence-corrected chi connectivity index (χ4v) is 3.78. The second-order valence-corrected chi connectivity index (χ2v) is 7.68. The van der Waals surface area contributed by atoms with E-state index in [2.05, 4.69) is 15.3 Å². The van der Waals surface area contributed by atoms with Crippen molar-refractivity contribution in [3.05, 3.63) is 70.5 Å². The molecule has 1 fully saturated rings. The number of hydrogen-bond donors (Lipinski definition) is 1.